The van der Waals surface area contributed by atoms with Crippen molar-refractivity contribution in [2.45, 2.75) is 73.7 Å². The van der Waals surface area contributed by atoms with E-state index >= 15 is 0 Å². The van der Waals surface area contributed by atoms with Crippen LogP contribution < -0.4 is 16.0 Å². The summed E-state index contributed by atoms with van der Waals surface area (Å²) in [5.41, 5.74) is 0. The van der Waals surface area contributed by atoms with Gasteiger partial charge in [-0.05, 0) is 12.8 Å². The predicted molar refractivity (Wildman–Crippen MR) is 95.9 cm³/mol. The van der Waals surface area contributed by atoms with E-state index in [0.29, 0.717) is 11.7 Å². The fourth-order valence-corrected chi connectivity index (χ4v) is 5.33. The molecule has 0 bridgehead atoms. The minimum Gasteiger partial charge on any atom is -0.394 e. The number of unbranched alkanes of at least 4 members (excludes halogenated alkanes) is 1. The molecule has 11 heteroatoms. The van der Waals surface area contributed by atoms with Gasteiger partial charge in [0.25, 0.3) is 0 Å². The topological polar surface area (TPSA) is 160 Å². The third-order valence-corrected chi connectivity index (χ3v) is 6.82. The van der Waals surface area contributed by atoms with Gasteiger partial charge in [0.1, 0.15) is 24.4 Å². The number of hydrogen-bond donors (Lipinski definition) is 7. The minimum absolute atomic E-state index is 0.118. The van der Waals surface area contributed by atoms with Crippen LogP contribution in [0.25, 0.3) is 0 Å². The Hall–Kier alpha value is -1.11. The maximum absolute atomic E-state index is 12.1. The second-order valence-corrected chi connectivity index (χ2v) is 8.46. The molecule has 7 N–H and O–H groups in total. The number of thioether (sulfide) groups is 1. The van der Waals surface area contributed by atoms with Crippen LogP contribution in [-0.2, 0) is 9.53 Å². The first-order chi connectivity index (χ1) is 12.9. The van der Waals surface area contributed by atoms with Gasteiger partial charge in [0.05, 0.1) is 18.7 Å². The molecule has 3 aliphatic heterocycles. The van der Waals surface area contributed by atoms with Gasteiger partial charge in [-0.2, -0.15) is 11.8 Å². The molecule has 0 radical (unpaired) electrons. The number of ether oxygens (including phenoxy) is 1. The van der Waals surface area contributed by atoms with Gasteiger partial charge in [0, 0.05) is 17.4 Å². The standard InChI is InChI=1S/C16H27N3O7S/c20-5-8-13(22)14(23)12(15(24)26-8)18-10(21)4-2-1-3-9-11-7(6-27-9)17-16(25)19-11/h7-9,11-15,20,22-24H,1-6H2,(H,18,21)(H2,17,19,25)/t7-,8+,9-,11-,12-,13+,14+,15?/m0/s1. The number of urea groups is 1. The fraction of sp³-hybridized carbons (Fsp3) is 0.875. The van der Waals surface area contributed by atoms with Crippen molar-refractivity contribution in [1.82, 2.24) is 16.0 Å². The van der Waals surface area contributed by atoms with Crippen molar-refractivity contribution in [3.05, 3.63) is 0 Å². The van der Waals surface area contributed by atoms with E-state index in [4.69, 9.17) is 9.84 Å². The van der Waals surface area contributed by atoms with Crippen molar-refractivity contribution in [3.8, 4) is 0 Å². The number of carbonyl (C=O) groups is 2. The number of carbonyl (C=O) groups excluding carboxylic acids is 2. The lowest BCUT2D eigenvalue weighted by Gasteiger charge is -2.40. The molecule has 3 saturated heterocycles. The van der Waals surface area contributed by atoms with E-state index in [0.717, 1.165) is 18.6 Å². The Morgan fingerprint density at radius 3 is 2.74 bits per heavy atom. The molecule has 3 amide bonds. The molecule has 154 valence electrons. The van der Waals surface area contributed by atoms with Crippen LogP contribution in [0.15, 0.2) is 0 Å². The monoisotopic (exact) mass is 405 g/mol. The van der Waals surface area contributed by atoms with Gasteiger partial charge in [-0.25, -0.2) is 4.79 Å². The van der Waals surface area contributed by atoms with Crippen molar-refractivity contribution in [1.29, 1.82) is 0 Å². The number of fused-ring (bicyclic) bond motifs is 1. The summed E-state index contributed by atoms with van der Waals surface area (Å²) in [6.45, 7) is -0.549. The first kappa shape index (κ1) is 20.6. The largest absolute Gasteiger partial charge is 0.394 e. The summed E-state index contributed by atoms with van der Waals surface area (Å²) < 4.78 is 5.01. The Morgan fingerprint density at radius 2 is 2.00 bits per heavy atom. The highest BCUT2D eigenvalue weighted by Crippen LogP contribution is 2.33. The Morgan fingerprint density at radius 1 is 1.22 bits per heavy atom. The Labute approximate surface area is 161 Å². The van der Waals surface area contributed by atoms with Crippen molar-refractivity contribution in [3.63, 3.8) is 0 Å². The molecule has 8 atom stereocenters. The molecule has 3 fully saturated rings. The average molecular weight is 405 g/mol. The molecule has 0 aromatic heterocycles. The Kier molecular flexibility index (Phi) is 6.82. The van der Waals surface area contributed by atoms with Crippen LogP contribution in [-0.4, -0.2) is 92.7 Å². The fourth-order valence-electron chi connectivity index (χ4n) is 3.79. The Bertz CT molecular complexity index is 554. The minimum atomic E-state index is -1.50. The summed E-state index contributed by atoms with van der Waals surface area (Å²) in [4.78, 5) is 23.4. The third-order valence-electron chi connectivity index (χ3n) is 5.31. The van der Waals surface area contributed by atoms with Crippen molar-refractivity contribution in [2.75, 3.05) is 12.4 Å². The second-order valence-electron chi connectivity index (χ2n) is 7.19. The average Bonchev–Trinajstić information content (AvgIpc) is 3.18. The molecule has 10 nitrogen and oxygen atoms in total. The zero-order chi connectivity index (χ0) is 19.6. The summed E-state index contributed by atoms with van der Waals surface area (Å²) in [5.74, 6) is 0.535. The van der Waals surface area contributed by atoms with E-state index in [9.17, 15) is 24.9 Å². The molecule has 0 aromatic carbocycles. The van der Waals surface area contributed by atoms with Crippen LogP contribution in [0.2, 0.25) is 0 Å². The molecule has 0 aromatic rings. The zero-order valence-electron chi connectivity index (χ0n) is 14.8. The number of amides is 3. The lowest BCUT2D eigenvalue weighted by Crippen LogP contribution is -2.64. The second kappa shape index (κ2) is 8.93. The van der Waals surface area contributed by atoms with Crippen molar-refractivity contribution >= 4 is 23.7 Å². The highest BCUT2D eigenvalue weighted by molar-refractivity contribution is 8.00. The quantitative estimate of drug-likeness (QED) is 0.183. The predicted octanol–water partition coefficient (Wildman–Crippen LogP) is -2.37. The van der Waals surface area contributed by atoms with E-state index in [1.165, 1.54) is 0 Å². The number of hydrogen-bond acceptors (Lipinski definition) is 8. The first-order valence-electron chi connectivity index (χ1n) is 9.19. The van der Waals surface area contributed by atoms with E-state index in [-0.39, 0.29) is 30.4 Å². The van der Waals surface area contributed by atoms with Gasteiger partial charge < -0.3 is 41.1 Å². The molecule has 0 aliphatic carbocycles. The zero-order valence-corrected chi connectivity index (χ0v) is 15.6. The number of aliphatic hydroxyl groups excluding tert-OH is 4. The van der Waals surface area contributed by atoms with E-state index in [1.54, 1.807) is 0 Å². The van der Waals surface area contributed by atoms with Gasteiger partial charge in [-0.1, -0.05) is 6.42 Å². The van der Waals surface area contributed by atoms with E-state index < -0.39 is 37.3 Å². The van der Waals surface area contributed by atoms with Gasteiger partial charge in [-0.15, -0.1) is 0 Å². The molecular weight excluding hydrogens is 378 g/mol. The van der Waals surface area contributed by atoms with Crippen LogP contribution in [0.4, 0.5) is 4.79 Å². The van der Waals surface area contributed by atoms with E-state index in [2.05, 4.69) is 16.0 Å². The summed E-state index contributed by atoms with van der Waals surface area (Å²) >= 11 is 1.82. The van der Waals surface area contributed by atoms with Gasteiger partial charge in [0.2, 0.25) is 5.91 Å². The van der Waals surface area contributed by atoms with Crippen molar-refractivity contribution in [2.24, 2.45) is 0 Å². The lowest BCUT2D eigenvalue weighted by atomic mass is 9.97. The highest BCUT2D eigenvalue weighted by Gasteiger charge is 2.44. The summed E-state index contributed by atoms with van der Waals surface area (Å²) in [6.07, 6.45) is -2.89. The van der Waals surface area contributed by atoms with Crippen molar-refractivity contribution < 1.29 is 34.8 Å². The molecule has 3 heterocycles. The van der Waals surface area contributed by atoms with Gasteiger partial charge >= 0.3 is 6.03 Å². The summed E-state index contributed by atoms with van der Waals surface area (Å²) in [6, 6.07) is -0.949. The molecule has 0 spiro atoms. The Balaban J connectivity index is 1.37. The van der Waals surface area contributed by atoms with Crippen LogP contribution in [0.1, 0.15) is 25.7 Å². The van der Waals surface area contributed by atoms with Crippen LogP contribution in [0, 0.1) is 0 Å². The number of rotatable bonds is 7. The molecule has 3 rings (SSSR count). The van der Waals surface area contributed by atoms with Crippen LogP contribution in [0.3, 0.4) is 0 Å². The summed E-state index contributed by atoms with van der Waals surface area (Å²) in [7, 11) is 0. The first-order valence-corrected chi connectivity index (χ1v) is 10.2. The number of nitrogens with one attached hydrogen (secondary N) is 3. The lowest BCUT2D eigenvalue weighted by molar-refractivity contribution is -0.253. The smallest absolute Gasteiger partial charge is 0.315 e. The molecule has 1 unspecified atom stereocenters. The SMILES string of the molecule is O=C(CCCC[C@@H]1SC[C@@H]2NC(=O)N[C@@H]21)N[C@@H]1C(O)O[C@H](CO)[C@@H](O)[C@@H]1O. The molecule has 27 heavy (non-hydrogen) atoms. The third kappa shape index (κ3) is 4.66. The van der Waals surface area contributed by atoms with Gasteiger partial charge in [-0.3, -0.25) is 4.79 Å². The maximum Gasteiger partial charge on any atom is 0.315 e. The molecular formula is C16H27N3O7S. The van der Waals surface area contributed by atoms with Crippen LogP contribution in [0.5, 0.6) is 0 Å². The maximum atomic E-state index is 12.1. The van der Waals surface area contributed by atoms with Crippen LogP contribution >= 0.6 is 11.8 Å². The van der Waals surface area contributed by atoms with E-state index in [1.807, 2.05) is 11.8 Å². The highest BCUT2D eigenvalue weighted by atomic mass is 32.2. The van der Waals surface area contributed by atoms with Gasteiger partial charge in [0.15, 0.2) is 6.29 Å². The summed E-state index contributed by atoms with van der Waals surface area (Å²) in [5, 5.41) is 47.4. The molecule has 3 aliphatic rings. The molecule has 0 saturated carbocycles. The number of aliphatic hydroxyl groups is 4. The normalized spacial score (nSPS) is 41.0.